The van der Waals surface area contributed by atoms with Crippen LogP contribution < -0.4 is 0 Å². The quantitative estimate of drug-likeness (QED) is 0.525. The number of rotatable bonds is 2. The van der Waals surface area contributed by atoms with Crippen molar-refractivity contribution in [3.05, 3.63) is 24.2 Å². The lowest BCUT2D eigenvalue weighted by Gasteiger charge is -2.32. The molecular formula is C13H25BO2. The molecule has 1 heterocycles. The van der Waals surface area contributed by atoms with Crippen LogP contribution in [0, 0.1) is 0 Å². The maximum atomic E-state index is 5.81. The van der Waals surface area contributed by atoms with E-state index in [1.54, 1.807) is 0 Å². The van der Waals surface area contributed by atoms with Crippen LogP contribution in [0.1, 0.15) is 48.5 Å². The molecular weight excluding hydrogens is 199 g/mol. The van der Waals surface area contributed by atoms with E-state index in [0.29, 0.717) is 0 Å². The van der Waals surface area contributed by atoms with E-state index < -0.39 is 0 Å². The van der Waals surface area contributed by atoms with Crippen molar-refractivity contribution in [3.8, 4) is 0 Å². The molecule has 1 fully saturated rings. The zero-order chi connectivity index (χ0) is 13.0. The first-order valence-electron chi connectivity index (χ1n) is 5.97. The highest BCUT2D eigenvalue weighted by Crippen LogP contribution is 2.38. The van der Waals surface area contributed by atoms with Gasteiger partial charge in [0.05, 0.1) is 11.2 Å². The molecule has 0 bridgehead atoms. The third-order valence-corrected chi connectivity index (χ3v) is 2.94. The summed E-state index contributed by atoms with van der Waals surface area (Å²) in [5.74, 6) is 0. The molecule has 0 aliphatic carbocycles. The molecule has 0 atom stereocenters. The Bertz CT molecular complexity index is 251. The third-order valence-electron chi connectivity index (χ3n) is 2.94. The molecule has 0 radical (unpaired) electrons. The second-order valence-corrected chi connectivity index (χ2v) is 4.66. The zero-order valence-corrected chi connectivity index (χ0v) is 11.8. The van der Waals surface area contributed by atoms with Crippen molar-refractivity contribution in [2.24, 2.45) is 0 Å². The largest absolute Gasteiger partial charge is 0.494 e. The fraction of sp³-hybridized carbons (Fsp3) is 0.692. The Balaban J connectivity index is 0.00000106. The molecule has 0 aromatic heterocycles. The lowest BCUT2D eigenvalue weighted by molar-refractivity contribution is 0.00578. The van der Waals surface area contributed by atoms with Gasteiger partial charge in [-0.1, -0.05) is 32.6 Å². The van der Waals surface area contributed by atoms with Crippen molar-refractivity contribution >= 4 is 7.12 Å². The van der Waals surface area contributed by atoms with E-state index in [4.69, 9.17) is 9.31 Å². The first-order valence-corrected chi connectivity index (χ1v) is 5.97. The lowest BCUT2D eigenvalue weighted by atomic mass is 9.79. The van der Waals surface area contributed by atoms with Crippen LogP contribution in [-0.4, -0.2) is 18.3 Å². The molecule has 0 aromatic carbocycles. The molecule has 1 rings (SSSR count). The second kappa shape index (κ2) is 5.69. The first-order chi connectivity index (χ1) is 7.30. The highest BCUT2D eigenvalue weighted by molar-refractivity contribution is 6.55. The van der Waals surface area contributed by atoms with Crippen molar-refractivity contribution in [2.75, 3.05) is 0 Å². The predicted octanol–water partition coefficient (Wildman–Crippen LogP) is 3.78. The van der Waals surface area contributed by atoms with Crippen LogP contribution in [-0.2, 0) is 9.31 Å². The van der Waals surface area contributed by atoms with Gasteiger partial charge in [-0.2, -0.15) is 0 Å². The first kappa shape index (κ1) is 15.5. The van der Waals surface area contributed by atoms with Crippen LogP contribution in [0.3, 0.4) is 0 Å². The molecule has 1 aliphatic rings. The molecule has 0 aromatic rings. The molecule has 16 heavy (non-hydrogen) atoms. The van der Waals surface area contributed by atoms with Gasteiger partial charge in [-0.25, -0.2) is 0 Å². The summed E-state index contributed by atoms with van der Waals surface area (Å²) in [6.45, 7) is 18.0. The van der Waals surface area contributed by atoms with Gasteiger partial charge in [0, 0.05) is 0 Å². The summed E-state index contributed by atoms with van der Waals surface area (Å²) in [6, 6.07) is 0. The second-order valence-electron chi connectivity index (χ2n) is 4.66. The Kier molecular flexibility index (Phi) is 5.50. The minimum atomic E-state index is -0.309. The van der Waals surface area contributed by atoms with Crippen molar-refractivity contribution in [1.82, 2.24) is 0 Å². The summed E-state index contributed by atoms with van der Waals surface area (Å²) >= 11 is 0. The highest BCUT2D eigenvalue weighted by Gasteiger charge is 2.51. The van der Waals surface area contributed by atoms with Crippen molar-refractivity contribution in [2.45, 2.75) is 59.7 Å². The summed E-state index contributed by atoms with van der Waals surface area (Å²) in [7, 11) is -0.309. The minimum absolute atomic E-state index is 0.276. The van der Waals surface area contributed by atoms with Gasteiger partial charge >= 0.3 is 7.12 Å². The molecule has 2 nitrogen and oxygen atoms in total. The van der Waals surface area contributed by atoms with Crippen LogP contribution >= 0.6 is 0 Å². The van der Waals surface area contributed by atoms with Crippen molar-refractivity contribution in [1.29, 1.82) is 0 Å². The smallest absolute Gasteiger partial charge is 0.399 e. The van der Waals surface area contributed by atoms with Crippen LogP contribution in [0.15, 0.2) is 24.2 Å². The average Bonchev–Trinajstić information content (AvgIpc) is 2.40. The van der Waals surface area contributed by atoms with E-state index >= 15 is 0 Å². The zero-order valence-electron chi connectivity index (χ0n) is 11.8. The molecule has 0 amide bonds. The molecule has 3 heteroatoms. The predicted molar refractivity (Wildman–Crippen MR) is 71.4 cm³/mol. The van der Waals surface area contributed by atoms with E-state index in [1.807, 2.05) is 60.6 Å². The summed E-state index contributed by atoms with van der Waals surface area (Å²) in [4.78, 5) is 0. The van der Waals surface area contributed by atoms with Gasteiger partial charge in [0.1, 0.15) is 0 Å². The fourth-order valence-electron chi connectivity index (χ4n) is 1.29. The average molecular weight is 224 g/mol. The monoisotopic (exact) mass is 224 g/mol. The van der Waals surface area contributed by atoms with Gasteiger partial charge in [0.15, 0.2) is 0 Å². The van der Waals surface area contributed by atoms with Crippen LogP contribution in [0.4, 0.5) is 0 Å². The van der Waals surface area contributed by atoms with E-state index in [2.05, 4.69) is 6.58 Å². The van der Waals surface area contributed by atoms with Gasteiger partial charge in [0.2, 0.25) is 0 Å². The van der Waals surface area contributed by atoms with Gasteiger partial charge in [0.25, 0.3) is 0 Å². The maximum absolute atomic E-state index is 5.81. The Morgan fingerprint density at radius 3 is 1.75 bits per heavy atom. The van der Waals surface area contributed by atoms with Crippen LogP contribution in [0.5, 0.6) is 0 Å². The molecule has 0 unspecified atom stereocenters. The fourth-order valence-corrected chi connectivity index (χ4v) is 1.29. The van der Waals surface area contributed by atoms with E-state index in [9.17, 15) is 0 Å². The minimum Gasteiger partial charge on any atom is -0.399 e. The van der Waals surface area contributed by atoms with Crippen LogP contribution in [0.25, 0.3) is 0 Å². The topological polar surface area (TPSA) is 18.5 Å². The van der Waals surface area contributed by atoms with Crippen molar-refractivity contribution < 1.29 is 9.31 Å². The molecule has 0 N–H and O–H groups in total. The number of hydrogen-bond donors (Lipinski definition) is 0. The maximum Gasteiger partial charge on any atom is 0.494 e. The Morgan fingerprint density at radius 1 is 1.06 bits per heavy atom. The number of allylic oxidation sites excluding steroid dienone is 3. The van der Waals surface area contributed by atoms with Gasteiger partial charge in [-0.15, -0.1) is 0 Å². The Hall–Kier alpha value is -0.535. The van der Waals surface area contributed by atoms with Gasteiger partial charge in [-0.3, -0.25) is 0 Å². The standard InChI is InChI=1S/C11H19BO2.C2H6/c1-7-8-9(2)12-13-10(3,4)11(5,6)14-12;1-2/h7-8H,2H2,1,3-6H3;1-2H3/b8-7-;. The molecule has 1 aliphatic heterocycles. The normalized spacial score (nSPS) is 21.8. The molecule has 1 saturated heterocycles. The summed E-state index contributed by atoms with van der Waals surface area (Å²) in [5.41, 5.74) is 0.316. The molecule has 92 valence electrons. The molecule has 0 saturated carbocycles. The van der Waals surface area contributed by atoms with Crippen molar-refractivity contribution in [3.63, 3.8) is 0 Å². The number of hydrogen-bond acceptors (Lipinski definition) is 2. The summed E-state index contributed by atoms with van der Waals surface area (Å²) < 4.78 is 11.6. The Morgan fingerprint density at radius 2 is 1.44 bits per heavy atom. The molecule has 0 spiro atoms. The summed E-state index contributed by atoms with van der Waals surface area (Å²) in [6.07, 6.45) is 3.86. The Labute approximate surface area is 101 Å². The SMILES string of the molecule is C=C(/C=C\C)B1OC(C)(C)C(C)(C)O1.CC. The van der Waals surface area contributed by atoms with E-state index in [0.717, 1.165) is 5.47 Å². The lowest BCUT2D eigenvalue weighted by Crippen LogP contribution is -2.41. The van der Waals surface area contributed by atoms with E-state index in [-0.39, 0.29) is 18.3 Å². The van der Waals surface area contributed by atoms with Gasteiger partial charge < -0.3 is 9.31 Å². The van der Waals surface area contributed by atoms with E-state index in [1.165, 1.54) is 0 Å². The summed E-state index contributed by atoms with van der Waals surface area (Å²) in [5, 5.41) is 0. The highest BCUT2D eigenvalue weighted by atomic mass is 16.7. The van der Waals surface area contributed by atoms with Crippen LogP contribution in [0.2, 0.25) is 0 Å². The third kappa shape index (κ3) is 3.23. The van der Waals surface area contributed by atoms with Gasteiger partial charge in [-0.05, 0) is 40.1 Å².